The minimum atomic E-state index is -0.703. The summed E-state index contributed by atoms with van der Waals surface area (Å²) in [6, 6.07) is 6.31. The molecule has 0 N–H and O–H groups in total. The number of carbonyl (C=O) groups excluding carboxylic acids is 2. The van der Waals surface area contributed by atoms with E-state index >= 15 is 0 Å². The Morgan fingerprint density at radius 1 is 1.28 bits per heavy atom. The van der Waals surface area contributed by atoms with Gasteiger partial charge in [0.1, 0.15) is 6.26 Å². The number of aromatic nitrogens is 1. The van der Waals surface area contributed by atoms with Gasteiger partial charge in [-0.1, -0.05) is 11.6 Å². The molecule has 18 heavy (non-hydrogen) atoms. The zero-order valence-corrected chi connectivity index (χ0v) is 9.89. The van der Waals surface area contributed by atoms with Gasteiger partial charge >= 0.3 is 5.97 Å². The lowest BCUT2D eigenvalue weighted by Crippen LogP contribution is -2.14. The smallest absolute Gasteiger partial charge is 0.360 e. The number of hydrogen-bond donors (Lipinski definition) is 0. The van der Waals surface area contributed by atoms with Gasteiger partial charge < -0.3 is 9.15 Å². The van der Waals surface area contributed by atoms with E-state index in [1.54, 1.807) is 24.3 Å². The van der Waals surface area contributed by atoms with Crippen LogP contribution in [0, 0.1) is 0 Å². The Hall–Kier alpha value is -2.14. The van der Waals surface area contributed by atoms with Crippen molar-refractivity contribution in [2.45, 2.75) is 0 Å². The van der Waals surface area contributed by atoms with Crippen LogP contribution in [0.3, 0.4) is 0 Å². The molecule has 0 aliphatic heterocycles. The van der Waals surface area contributed by atoms with Gasteiger partial charge in [0.15, 0.2) is 24.5 Å². The predicted molar refractivity (Wildman–Crippen MR) is 62.6 cm³/mol. The van der Waals surface area contributed by atoms with Crippen LogP contribution in [0.4, 0.5) is 0 Å². The SMILES string of the molecule is O=C(COC(=O)c1cocn1)c1ccc(Cl)cc1. The van der Waals surface area contributed by atoms with E-state index in [1.165, 1.54) is 0 Å². The van der Waals surface area contributed by atoms with Gasteiger partial charge in [0.05, 0.1) is 0 Å². The Morgan fingerprint density at radius 2 is 2.00 bits per heavy atom. The van der Waals surface area contributed by atoms with Crippen LogP contribution in [0.15, 0.2) is 41.3 Å². The summed E-state index contributed by atoms with van der Waals surface area (Å²) in [4.78, 5) is 26.7. The van der Waals surface area contributed by atoms with Crippen molar-refractivity contribution in [2.24, 2.45) is 0 Å². The van der Waals surface area contributed by atoms with E-state index in [0.717, 1.165) is 12.7 Å². The van der Waals surface area contributed by atoms with Crippen LogP contribution in [-0.4, -0.2) is 23.3 Å². The highest BCUT2D eigenvalue weighted by Crippen LogP contribution is 2.10. The van der Waals surface area contributed by atoms with Crippen molar-refractivity contribution < 1.29 is 18.7 Å². The lowest BCUT2D eigenvalue weighted by Gasteiger charge is -2.02. The maximum atomic E-state index is 11.7. The molecule has 0 saturated carbocycles. The molecular formula is C12H8ClNO4. The number of ether oxygens (including phenoxy) is 1. The van der Waals surface area contributed by atoms with Crippen molar-refractivity contribution in [3.8, 4) is 0 Å². The van der Waals surface area contributed by atoms with Gasteiger partial charge in [0, 0.05) is 10.6 Å². The van der Waals surface area contributed by atoms with E-state index in [2.05, 4.69) is 9.40 Å². The normalized spacial score (nSPS) is 10.1. The van der Waals surface area contributed by atoms with E-state index in [-0.39, 0.29) is 18.1 Å². The molecule has 0 aliphatic rings. The zero-order chi connectivity index (χ0) is 13.0. The summed E-state index contributed by atoms with van der Waals surface area (Å²) in [5, 5.41) is 0.533. The number of Topliss-reactive ketones (excluding diaryl/α,β-unsaturated/α-hetero) is 1. The molecule has 0 atom stereocenters. The number of hydrogen-bond acceptors (Lipinski definition) is 5. The molecule has 92 valence electrons. The number of rotatable bonds is 4. The number of benzene rings is 1. The summed E-state index contributed by atoms with van der Waals surface area (Å²) in [6.45, 7) is -0.354. The second-order valence-electron chi connectivity index (χ2n) is 3.38. The number of nitrogens with zero attached hydrogens (tertiary/aromatic N) is 1. The lowest BCUT2D eigenvalue weighted by molar-refractivity contribution is 0.0469. The molecule has 2 aromatic rings. The highest BCUT2D eigenvalue weighted by molar-refractivity contribution is 6.30. The van der Waals surface area contributed by atoms with Crippen molar-refractivity contribution >= 4 is 23.4 Å². The van der Waals surface area contributed by atoms with E-state index in [1.807, 2.05) is 0 Å². The molecule has 0 bridgehead atoms. The van der Waals surface area contributed by atoms with Crippen LogP contribution >= 0.6 is 11.6 Å². The lowest BCUT2D eigenvalue weighted by atomic mass is 10.1. The first-order chi connectivity index (χ1) is 8.66. The average molecular weight is 266 g/mol. The summed E-state index contributed by atoms with van der Waals surface area (Å²) in [7, 11) is 0. The minimum absolute atomic E-state index is 0.0268. The molecule has 0 radical (unpaired) electrons. The summed E-state index contributed by atoms with van der Waals surface area (Å²) in [5.74, 6) is -1.02. The standard InChI is InChI=1S/C12H8ClNO4/c13-9-3-1-8(2-4-9)11(15)6-18-12(16)10-5-17-7-14-10/h1-5,7H,6H2. The number of esters is 1. The fraction of sp³-hybridized carbons (Fsp3) is 0.0833. The highest BCUT2D eigenvalue weighted by Gasteiger charge is 2.13. The van der Waals surface area contributed by atoms with Crippen molar-refractivity contribution in [1.29, 1.82) is 0 Å². The molecule has 0 aliphatic carbocycles. The average Bonchev–Trinajstić information content (AvgIpc) is 2.90. The molecular weight excluding hydrogens is 258 g/mol. The number of carbonyl (C=O) groups is 2. The fourth-order valence-electron chi connectivity index (χ4n) is 1.24. The molecule has 6 heteroatoms. The third kappa shape index (κ3) is 2.95. The van der Waals surface area contributed by atoms with Crippen molar-refractivity contribution in [3.05, 3.63) is 53.2 Å². The molecule has 2 rings (SSSR count). The van der Waals surface area contributed by atoms with Crippen molar-refractivity contribution in [2.75, 3.05) is 6.61 Å². The van der Waals surface area contributed by atoms with Gasteiger partial charge in [-0.15, -0.1) is 0 Å². The van der Waals surface area contributed by atoms with E-state index in [0.29, 0.717) is 10.6 Å². The topological polar surface area (TPSA) is 69.4 Å². The Morgan fingerprint density at radius 3 is 2.61 bits per heavy atom. The second kappa shape index (κ2) is 5.46. The first-order valence-corrected chi connectivity index (χ1v) is 5.38. The summed E-state index contributed by atoms with van der Waals surface area (Å²) >= 11 is 5.70. The Labute approximate surface area is 107 Å². The van der Waals surface area contributed by atoms with Crippen LogP contribution in [0.5, 0.6) is 0 Å². The maximum absolute atomic E-state index is 11.7. The molecule has 1 aromatic carbocycles. The van der Waals surface area contributed by atoms with Gasteiger partial charge in [-0.2, -0.15) is 0 Å². The van der Waals surface area contributed by atoms with E-state index in [4.69, 9.17) is 16.3 Å². The minimum Gasteiger partial charge on any atom is -0.452 e. The maximum Gasteiger partial charge on any atom is 0.360 e. The number of oxazole rings is 1. The van der Waals surface area contributed by atoms with Gasteiger partial charge in [0.2, 0.25) is 0 Å². The Balaban J connectivity index is 1.92. The third-order valence-corrected chi connectivity index (χ3v) is 2.39. The second-order valence-corrected chi connectivity index (χ2v) is 3.82. The summed E-state index contributed by atoms with van der Waals surface area (Å²) in [5.41, 5.74) is 0.450. The van der Waals surface area contributed by atoms with E-state index < -0.39 is 5.97 Å². The highest BCUT2D eigenvalue weighted by atomic mass is 35.5. The number of ketones is 1. The molecule has 0 fully saturated rings. The fourth-order valence-corrected chi connectivity index (χ4v) is 1.36. The van der Waals surface area contributed by atoms with Crippen LogP contribution in [0.1, 0.15) is 20.8 Å². The van der Waals surface area contributed by atoms with Gasteiger partial charge in [-0.25, -0.2) is 9.78 Å². The van der Waals surface area contributed by atoms with Gasteiger partial charge in [0.25, 0.3) is 0 Å². The monoisotopic (exact) mass is 265 g/mol. The van der Waals surface area contributed by atoms with Crippen molar-refractivity contribution in [3.63, 3.8) is 0 Å². The quantitative estimate of drug-likeness (QED) is 0.627. The van der Waals surface area contributed by atoms with Gasteiger partial charge in [-0.05, 0) is 24.3 Å². The van der Waals surface area contributed by atoms with Crippen molar-refractivity contribution in [1.82, 2.24) is 4.98 Å². The summed E-state index contributed by atoms with van der Waals surface area (Å²) < 4.78 is 9.42. The molecule has 0 spiro atoms. The molecule has 5 nitrogen and oxygen atoms in total. The first kappa shape index (κ1) is 12.3. The van der Waals surface area contributed by atoms with Crippen LogP contribution in [0.25, 0.3) is 0 Å². The zero-order valence-electron chi connectivity index (χ0n) is 9.13. The van der Waals surface area contributed by atoms with Gasteiger partial charge in [-0.3, -0.25) is 4.79 Å². The molecule has 1 heterocycles. The molecule has 0 amide bonds. The van der Waals surface area contributed by atoms with E-state index in [9.17, 15) is 9.59 Å². The molecule has 0 saturated heterocycles. The third-order valence-electron chi connectivity index (χ3n) is 2.14. The van der Waals surface area contributed by atoms with Crippen LogP contribution in [-0.2, 0) is 4.74 Å². The van der Waals surface area contributed by atoms with Crippen LogP contribution in [0.2, 0.25) is 5.02 Å². The largest absolute Gasteiger partial charge is 0.452 e. The predicted octanol–water partition coefficient (Wildman–Crippen LogP) is 2.37. The Bertz CT molecular complexity index is 548. The number of halogens is 1. The summed E-state index contributed by atoms with van der Waals surface area (Å²) in [6.07, 6.45) is 2.26. The Kier molecular flexibility index (Phi) is 3.74. The molecule has 1 aromatic heterocycles. The van der Waals surface area contributed by atoms with Crippen LogP contribution < -0.4 is 0 Å². The first-order valence-electron chi connectivity index (χ1n) is 5.01. The molecule has 0 unspecified atom stereocenters.